The first kappa shape index (κ1) is 7.08. The van der Waals surface area contributed by atoms with Gasteiger partial charge in [-0.2, -0.15) is 0 Å². The van der Waals surface area contributed by atoms with Crippen molar-refractivity contribution in [3.05, 3.63) is 12.2 Å². The molecule has 0 fully saturated rings. The second kappa shape index (κ2) is 2.70. The number of ketones is 2. The first-order valence-electron chi connectivity index (χ1n) is 2.65. The number of carbonyl (C=O) groups excluding carboxylic acids is 2. The van der Waals surface area contributed by atoms with Crippen molar-refractivity contribution >= 4 is 27.7 Å². The average molecular weight is 156 g/mol. The second-order valence-electron chi connectivity index (χ2n) is 1.85. The predicted octanol–water partition coefficient (Wildman–Crippen LogP) is -0.530. The average Bonchev–Trinajstić information content (AvgIpc) is 1.94. The van der Waals surface area contributed by atoms with E-state index in [2.05, 4.69) is 0 Å². The van der Waals surface area contributed by atoms with Gasteiger partial charge >= 0.3 is 0 Å². The van der Waals surface area contributed by atoms with E-state index in [1.165, 1.54) is 6.08 Å². The van der Waals surface area contributed by atoms with E-state index in [9.17, 15) is 13.8 Å². The minimum Gasteiger partial charge on any atom is -0.294 e. The SMILES string of the molecule is O=S=C1CC(=O)C=CC1=O. The van der Waals surface area contributed by atoms with Crippen LogP contribution in [0.25, 0.3) is 0 Å². The van der Waals surface area contributed by atoms with Gasteiger partial charge in [0.2, 0.25) is 0 Å². The summed E-state index contributed by atoms with van der Waals surface area (Å²) < 4.78 is 10.1. The second-order valence-corrected chi connectivity index (χ2v) is 2.51. The lowest BCUT2D eigenvalue weighted by molar-refractivity contribution is -0.115. The molecule has 0 atom stereocenters. The third-order valence-corrected chi connectivity index (χ3v) is 1.68. The van der Waals surface area contributed by atoms with Crippen molar-refractivity contribution in [2.75, 3.05) is 0 Å². The molecule has 0 saturated heterocycles. The lowest BCUT2D eigenvalue weighted by atomic mass is 10.1. The summed E-state index contributed by atoms with van der Waals surface area (Å²) in [6.07, 6.45) is 2.30. The van der Waals surface area contributed by atoms with Crippen molar-refractivity contribution in [1.29, 1.82) is 0 Å². The van der Waals surface area contributed by atoms with Crippen molar-refractivity contribution < 1.29 is 13.8 Å². The van der Waals surface area contributed by atoms with Gasteiger partial charge in [-0.25, -0.2) is 4.21 Å². The minimum absolute atomic E-state index is 0.0243. The molecule has 0 aromatic rings. The Kier molecular flexibility index (Phi) is 1.91. The van der Waals surface area contributed by atoms with E-state index in [1.807, 2.05) is 0 Å². The molecule has 3 nitrogen and oxygen atoms in total. The fourth-order valence-electron chi connectivity index (χ4n) is 0.636. The van der Waals surface area contributed by atoms with E-state index in [1.54, 1.807) is 0 Å². The van der Waals surface area contributed by atoms with Crippen LogP contribution >= 0.6 is 0 Å². The van der Waals surface area contributed by atoms with Crippen LogP contribution in [0.5, 0.6) is 0 Å². The maximum Gasteiger partial charge on any atom is 0.195 e. The Bertz CT molecular complexity index is 271. The Morgan fingerprint density at radius 1 is 1.30 bits per heavy atom. The highest BCUT2D eigenvalue weighted by Crippen LogP contribution is 1.98. The van der Waals surface area contributed by atoms with Crippen molar-refractivity contribution in [2.24, 2.45) is 0 Å². The summed E-state index contributed by atoms with van der Waals surface area (Å²) in [6.45, 7) is 0. The molecule has 1 aliphatic rings. The van der Waals surface area contributed by atoms with Crippen LogP contribution in [0.1, 0.15) is 6.42 Å². The summed E-state index contributed by atoms with van der Waals surface area (Å²) >= 11 is 0.103. The molecule has 0 heterocycles. The van der Waals surface area contributed by atoms with Crippen LogP contribution in [-0.4, -0.2) is 20.6 Å². The van der Waals surface area contributed by atoms with Gasteiger partial charge in [-0.1, -0.05) is 0 Å². The van der Waals surface area contributed by atoms with Crippen LogP contribution in [0.15, 0.2) is 12.2 Å². The summed E-state index contributed by atoms with van der Waals surface area (Å²) in [5.41, 5.74) is 0. The highest BCUT2D eigenvalue weighted by molar-refractivity contribution is 7.68. The molecule has 0 unspecified atom stereocenters. The number of carbonyl (C=O) groups is 2. The Morgan fingerprint density at radius 3 is 2.50 bits per heavy atom. The quantitative estimate of drug-likeness (QED) is 0.443. The van der Waals surface area contributed by atoms with Gasteiger partial charge in [-0.3, -0.25) is 9.59 Å². The van der Waals surface area contributed by atoms with E-state index in [-0.39, 0.29) is 34.1 Å². The van der Waals surface area contributed by atoms with E-state index >= 15 is 0 Å². The van der Waals surface area contributed by atoms with E-state index in [0.29, 0.717) is 0 Å². The largest absolute Gasteiger partial charge is 0.294 e. The number of hydrogen-bond donors (Lipinski definition) is 0. The van der Waals surface area contributed by atoms with Crippen molar-refractivity contribution in [2.45, 2.75) is 6.42 Å². The Hall–Kier alpha value is -1.03. The van der Waals surface area contributed by atoms with Gasteiger partial charge in [0.1, 0.15) is 4.86 Å². The first-order valence-corrected chi connectivity index (χ1v) is 3.39. The standard InChI is InChI=1S/C6H4O3S/c7-4-1-2-5(8)6(3-4)10-9/h1-2H,3H2. The maximum absolute atomic E-state index is 10.7. The van der Waals surface area contributed by atoms with E-state index in [0.717, 1.165) is 6.08 Å². The van der Waals surface area contributed by atoms with Crippen molar-refractivity contribution in [3.8, 4) is 0 Å². The van der Waals surface area contributed by atoms with Gasteiger partial charge in [0, 0.05) is 0 Å². The number of rotatable bonds is 0. The van der Waals surface area contributed by atoms with Crippen LogP contribution in [-0.2, 0) is 20.8 Å². The molecule has 10 heavy (non-hydrogen) atoms. The van der Waals surface area contributed by atoms with Crippen molar-refractivity contribution in [3.63, 3.8) is 0 Å². The number of hydrogen-bond acceptors (Lipinski definition) is 3. The summed E-state index contributed by atoms with van der Waals surface area (Å²) in [6, 6.07) is 0. The Labute approximate surface area is 60.8 Å². The van der Waals surface area contributed by atoms with Gasteiger partial charge in [0.25, 0.3) is 0 Å². The highest BCUT2D eigenvalue weighted by atomic mass is 32.1. The van der Waals surface area contributed by atoms with Crippen LogP contribution < -0.4 is 0 Å². The van der Waals surface area contributed by atoms with Crippen LogP contribution in [0.4, 0.5) is 0 Å². The molecule has 0 aromatic carbocycles. The molecule has 52 valence electrons. The zero-order valence-corrected chi connectivity index (χ0v) is 5.81. The predicted molar refractivity (Wildman–Crippen MR) is 36.9 cm³/mol. The smallest absolute Gasteiger partial charge is 0.195 e. The molecule has 0 aliphatic heterocycles. The summed E-state index contributed by atoms with van der Waals surface area (Å²) in [4.78, 5) is 21.3. The lowest BCUT2D eigenvalue weighted by Gasteiger charge is -1.99. The molecule has 0 amide bonds. The van der Waals surface area contributed by atoms with Gasteiger partial charge in [-0.05, 0) is 12.2 Å². The van der Waals surface area contributed by atoms with Crippen LogP contribution in [0.3, 0.4) is 0 Å². The van der Waals surface area contributed by atoms with Crippen molar-refractivity contribution in [1.82, 2.24) is 0 Å². The molecule has 1 aliphatic carbocycles. The molecule has 4 heteroatoms. The molecule has 0 radical (unpaired) electrons. The lowest BCUT2D eigenvalue weighted by Crippen LogP contribution is -2.19. The molecule has 1 rings (SSSR count). The highest BCUT2D eigenvalue weighted by Gasteiger charge is 2.16. The van der Waals surface area contributed by atoms with Gasteiger partial charge in [0.05, 0.1) is 17.7 Å². The Balaban J connectivity index is 3.03. The zero-order chi connectivity index (χ0) is 7.56. The topological polar surface area (TPSA) is 51.2 Å². The molecular formula is C6H4O3S. The minimum atomic E-state index is -0.334. The molecule has 0 aromatic heterocycles. The zero-order valence-electron chi connectivity index (χ0n) is 4.99. The molecule has 0 spiro atoms. The fraction of sp³-hybridized carbons (Fsp3) is 0.167. The van der Waals surface area contributed by atoms with Crippen LogP contribution in [0, 0.1) is 0 Å². The van der Waals surface area contributed by atoms with E-state index < -0.39 is 0 Å². The van der Waals surface area contributed by atoms with Gasteiger partial charge in [0.15, 0.2) is 11.6 Å². The maximum atomic E-state index is 10.7. The first-order chi connectivity index (χ1) is 4.74. The van der Waals surface area contributed by atoms with Crippen LogP contribution in [0.2, 0.25) is 0 Å². The van der Waals surface area contributed by atoms with E-state index in [4.69, 9.17) is 0 Å². The molecule has 0 N–H and O–H groups in total. The normalized spacial score (nSPS) is 17.8. The summed E-state index contributed by atoms with van der Waals surface area (Å²) in [7, 11) is 0. The number of allylic oxidation sites excluding steroid dienone is 2. The van der Waals surface area contributed by atoms with Gasteiger partial charge in [-0.15, -0.1) is 0 Å². The Morgan fingerprint density at radius 2 is 2.00 bits per heavy atom. The molecule has 0 saturated carbocycles. The molecule has 0 bridgehead atoms. The third kappa shape index (κ3) is 1.27. The fourth-order valence-corrected chi connectivity index (χ4v) is 0.988. The molecular weight excluding hydrogens is 152 g/mol. The third-order valence-electron chi connectivity index (χ3n) is 1.13. The monoisotopic (exact) mass is 156 g/mol. The summed E-state index contributed by atoms with van der Waals surface area (Å²) in [5.74, 6) is -0.516. The summed E-state index contributed by atoms with van der Waals surface area (Å²) in [5, 5.41) is 0. The van der Waals surface area contributed by atoms with Gasteiger partial charge < -0.3 is 0 Å².